The van der Waals surface area contributed by atoms with Crippen LogP contribution in [0.4, 0.5) is 0 Å². The maximum atomic E-state index is 9.05. The van der Waals surface area contributed by atoms with E-state index in [9.17, 15) is 0 Å². The van der Waals surface area contributed by atoms with Crippen LogP contribution < -0.4 is 0 Å². The summed E-state index contributed by atoms with van der Waals surface area (Å²) in [6, 6.07) is 10.8. The van der Waals surface area contributed by atoms with Crippen LogP contribution in [0.2, 0.25) is 0 Å². The normalized spacial score (nSPS) is 7.14. The summed E-state index contributed by atoms with van der Waals surface area (Å²) in [5.74, 6) is -1.17. The molecule has 0 heterocycles. The monoisotopic (exact) mass is 269 g/mol. The van der Waals surface area contributed by atoms with Crippen LogP contribution in [0.3, 0.4) is 0 Å². The Bertz CT molecular complexity index is 731. The Labute approximate surface area is 120 Å². The molecule has 0 rings (SSSR count). The molecule has 0 bridgehead atoms. The van der Waals surface area contributed by atoms with Crippen molar-refractivity contribution in [2.45, 2.75) is 0 Å². The fourth-order valence-electron chi connectivity index (χ4n) is 1.22. The molecule has 0 aromatic heterocycles. The van der Waals surface area contributed by atoms with Gasteiger partial charge in [0.1, 0.15) is 53.1 Å². The molecule has 0 saturated carbocycles. The highest BCUT2D eigenvalue weighted by Crippen LogP contribution is 2.21. The van der Waals surface area contributed by atoms with Crippen molar-refractivity contribution in [1.82, 2.24) is 0 Å². The fraction of sp³-hybridized carbons (Fsp3) is 0.0714. The van der Waals surface area contributed by atoms with Crippen molar-refractivity contribution in [1.29, 1.82) is 36.8 Å². The van der Waals surface area contributed by atoms with Gasteiger partial charge >= 0.3 is 0 Å². The van der Waals surface area contributed by atoms with Gasteiger partial charge in [-0.25, -0.2) is 0 Å². The molecule has 7 nitrogen and oxygen atoms in total. The lowest BCUT2D eigenvalue weighted by Crippen LogP contribution is -2.02. The first-order valence-corrected chi connectivity index (χ1v) is 5.10. The van der Waals surface area contributed by atoms with E-state index in [0.717, 1.165) is 12.2 Å². The Kier molecular flexibility index (Phi) is 6.90. The maximum absolute atomic E-state index is 9.05. The second-order valence-corrected chi connectivity index (χ2v) is 3.26. The molecule has 0 aliphatic rings. The smallest absolute Gasteiger partial charge is 0.144 e. The molecule has 0 N–H and O–H groups in total. The summed E-state index contributed by atoms with van der Waals surface area (Å²) >= 11 is 0. The number of allylic oxidation sites excluding steroid dienone is 6. The first-order valence-electron chi connectivity index (χ1n) is 5.10. The zero-order chi connectivity index (χ0) is 16.3. The Morgan fingerprint density at radius 2 is 0.952 bits per heavy atom. The zero-order valence-corrected chi connectivity index (χ0v) is 10.4. The van der Waals surface area contributed by atoms with E-state index in [1.165, 1.54) is 12.1 Å². The molecule has 0 saturated heterocycles. The summed E-state index contributed by atoms with van der Waals surface area (Å²) in [4.78, 5) is 0. The van der Waals surface area contributed by atoms with Gasteiger partial charge in [-0.15, -0.1) is 0 Å². The highest BCUT2D eigenvalue weighted by atomic mass is 14.3. The van der Waals surface area contributed by atoms with Crippen molar-refractivity contribution in [3.63, 3.8) is 0 Å². The van der Waals surface area contributed by atoms with E-state index in [1.807, 2.05) is 0 Å². The molecule has 7 heteroatoms. The van der Waals surface area contributed by atoms with Crippen LogP contribution in [0.15, 0.2) is 34.4 Å². The molecule has 0 aromatic carbocycles. The van der Waals surface area contributed by atoms with Crippen LogP contribution in [0.25, 0.3) is 0 Å². The van der Waals surface area contributed by atoms with Crippen LogP contribution in [-0.2, 0) is 0 Å². The second-order valence-electron chi connectivity index (χ2n) is 3.26. The molecule has 0 aromatic rings. The second kappa shape index (κ2) is 8.70. The van der Waals surface area contributed by atoms with Gasteiger partial charge < -0.3 is 0 Å². The predicted octanol–water partition coefficient (Wildman–Crippen LogP) is 1.42. The largest absolute Gasteiger partial charge is 0.193 e. The van der Waals surface area contributed by atoms with E-state index < -0.39 is 11.5 Å². The number of hydrogen-bond acceptors (Lipinski definition) is 7. The van der Waals surface area contributed by atoms with Gasteiger partial charge in [-0.3, -0.25) is 0 Å². The highest BCUT2D eigenvalue weighted by molar-refractivity contribution is 5.53. The molecule has 0 unspecified atom stereocenters. The standard InChI is InChI=1S/C14H3N7/c15-3-10(4-16)1-12(2-11(5-17)6-18)14(9-21)13(7-19)8-20/h1-2,12H. The van der Waals surface area contributed by atoms with Gasteiger partial charge in [-0.05, 0) is 12.2 Å². The first-order chi connectivity index (χ1) is 10.1. The minimum Gasteiger partial charge on any atom is -0.193 e. The Morgan fingerprint density at radius 1 is 0.571 bits per heavy atom. The third-order valence-electron chi connectivity index (χ3n) is 2.12. The highest BCUT2D eigenvalue weighted by Gasteiger charge is 2.17. The average Bonchev–Trinajstić information content (AvgIpc) is 2.53. The van der Waals surface area contributed by atoms with Crippen LogP contribution in [-0.4, -0.2) is 0 Å². The van der Waals surface area contributed by atoms with Crippen molar-refractivity contribution >= 4 is 0 Å². The van der Waals surface area contributed by atoms with Crippen LogP contribution in [0, 0.1) is 85.2 Å². The number of hydrogen-bond donors (Lipinski definition) is 0. The lowest BCUT2D eigenvalue weighted by atomic mass is 9.92. The number of rotatable bonds is 3. The SMILES string of the molecule is N#CC(C#N)=CC(C=C(C#N)C#N)C(C#N)=C(C#N)C#N. The van der Waals surface area contributed by atoms with E-state index in [1.54, 1.807) is 30.3 Å². The molecule has 0 aliphatic heterocycles. The van der Waals surface area contributed by atoms with Crippen molar-refractivity contribution in [2.75, 3.05) is 0 Å². The van der Waals surface area contributed by atoms with Crippen LogP contribution >= 0.6 is 0 Å². The third-order valence-corrected chi connectivity index (χ3v) is 2.12. The average molecular weight is 269 g/mol. The minimum atomic E-state index is -1.17. The van der Waals surface area contributed by atoms with Crippen LogP contribution in [0.5, 0.6) is 0 Å². The van der Waals surface area contributed by atoms with Gasteiger partial charge in [0.15, 0.2) is 0 Å². The molecule has 0 spiro atoms. The Hall–Kier alpha value is -4.35. The molecule has 94 valence electrons. The van der Waals surface area contributed by atoms with Crippen LogP contribution in [0.1, 0.15) is 0 Å². The molecule has 0 atom stereocenters. The summed E-state index contributed by atoms with van der Waals surface area (Å²) in [7, 11) is 0. The van der Waals surface area contributed by atoms with Gasteiger partial charge in [0.25, 0.3) is 0 Å². The summed E-state index contributed by atoms with van der Waals surface area (Å²) < 4.78 is 0. The van der Waals surface area contributed by atoms with Gasteiger partial charge in [0, 0.05) is 5.92 Å². The summed E-state index contributed by atoms with van der Waals surface area (Å²) in [5.41, 5.74) is -1.64. The molecule has 0 amide bonds. The summed E-state index contributed by atoms with van der Waals surface area (Å²) in [6.45, 7) is 0. The van der Waals surface area contributed by atoms with Crippen molar-refractivity contribution in [2.24, 2.45) is 5.92 Å². The zero-order valence-electron chi connectivity index (χ0n) is 10.4. The van der Waals surface area contributed by atoms with E-state index in [2.05, 4.69) is 0 Å². The third kappa shape index (κ3) is 4.43. The minimum absolute atomic E-state index is 0.356. The molecular weight excluding hydrogens is 266 g/mol. The topological polar surface area (TPSA) is 167 Å². The van der Waals surface area contributed by atoms with Crippen molar-refractivity contribution in [3.05, 3.63) is 34.4 Å². The van der Waals surface area contributed by atoms with Gasteiger partial charge in [0.2, 0.25) is 0 Å². The molecular formula is C14H3N7. The molecule has 0 radical (unpaired) electrons. The van der Waals surface area contributed by atoms with E-state index in [-0.39, 0.29) is 16.7 Å². The van der Waals surface area contributed by atoms with Crippen molar-refractivity contribution in [3.8, 4) is 42.5 Å². The first kappa shape index (κ1) is 16.6. The lowest BCUT2D eigenvalue weighted by Gasteiger charge is -2.06. The predicted molar refractivity (Wildman–Crippen MR) is 66.0 cm³/mol. The quantitative estimate of drug-likeness (QED) is 0.697. The Morgan fingerprint density at radius 3 is 1.19 bits per heavy atom. The van der Waals surface area contributed by atoms with E-state index >= 15 is 0 Å². The fourth-order valence-corrected chi connectivity index (χ4v) is 1.22. The maximum Gasteiger partial charge on any atom is 0.144 e. The summed E-state index contributed by atoms with van der Waals surface area (Å²) in [6.07, 6.45) is 2.00. The van der Waals surface area contributed by atoms with Gasteiger partial charge in [-0.2, -0.15) is 36.8 Å². The Balaban J connectivity index is 6.42. The van der Waals surface area contributed by atoms with E-state index in [4.69, 9.17) is 36.8 Å². The van der Waals surface area contributed by atoms with Gasteiger partial charge in [0.05, 0.1) is 11.6 Å². The van der Waals surface area contributed by atoms with Crippen molar-refractivity contribution < 1.29 is 0 Å². The lowest BCUT2D eigenvalue weighted by molar-refractivity contribution is 0.989. The molecule has 21 heavy (non-hydrogen) atoms. The summed E-state index contributed by atoms with van der Waals surface area (Å²) in [5, 5.41) is 61.5. The number of nitriles is 7. The van der Waals surface area contributed by atoms with E-state index in [0.29, 0.717) is 0 Å². The van der Waals surface area contributed by atoms with Gasteiger partial charge in [-0.1, -0.05) is 0 Å². The molecule has 0 aliphatic carbocycles. The number of nitrogens with zero attached hydrogens (tertiary/aromatic N) is 7. The molecule has 0 fully saturated rings.